The highest BCUT2D eigenvalue weighted by molar-refractivity contribution is 5.73. The third-order valence-electron chi connectivity index (χ3n) is 12.9. The Bertz CT molecular complexity index is 737. The summed E-state index contributed by atoms with van der Waals surface area (Å²) in [5.41, 5.74) is 0.252. The monoisotopic (exact) mass is 508 g/mol. The van der Waals surface area contributed by atoms with E-state index < -0.39 is 0 Å². The molecule has 0 amide bonds. The molecule has 0 saturated heterocycles. The predicted molar refractivity (Wildman–Crippen MR) is 152 cm³/mol. The van der Waals surface area contributed by atoms with Crippen LogP contribution in [0.15, 0.2) is 12.2 Å². The summed E-state index contributed by atoms with van der Waals surface area (Å²) in [6.45, 7) is 7.02. The molecule has 208 valence electrons. The molecule has 1 atom stereocenters. The highest BCUT2D eigenvalue weighted by Crippen LogP contribution is 2.73. The first kappa shape index (κ1) is 26.4. The molecule has 0 N–H and O–H groups in total. The van der Waals surface area contributed by atoms with E-state index in [1.807, 2.05) is 0 Å². The lowest BCUT2D eigenvalue weighted by Crippen LogP contribution is -2.69. The average Bonchev–Trinajstić information content (AvgIpc) is 2.83. The molecule has 2 heteroatoms. The van der Waals surface area contributed by atoms with Gasteiger partial charge in [0.25, 0.3) is 0 Å². The Balaban J connectivity index is 1.27. The Morgan fingerprint density at radius 3 is 1.57 bits per heavy atom. The number of allylic oxidation sites excluding steroid dienone is 2. The van der Waals surface area contributed by atoms with Gasteiger partial charge in [-0.05, 0) is 152 Å². The summed E-state index contributed by atoms with van der Waals surface area (Å²) in [7, 11) is 0. The Labute approximate surface area is 228 Å². The van der Waals surface area contributed by atoms with Gasteiger partial charge in [-0.1, -0.05) is 38.8 Å². The molecule has 8 bridgehead atoms. The maximum absolute atomic E-state index is 14.3. The molecule has 8 aliphatic rings. The van der Waals surface area contributed by atoms with Gasteiger partial charge in [-0.3, -0.25) is 4.79 Å². The third kappa shape index (κ3) is 4.67. The van der Waals surface area contributed by atoms with E-state index in [1.165, 1.54) is 89.9 Å². The third-order valence-corrected chi connectivity index (χ3v) is 12.9. The predicted octanol–water partition coefficient (Wildman–Crippen LogP) is 9.66. The normalized spacial score (nSPS) is 43.9. The van der Waals surface area contributed by atoms with Gasteiger partial charge < -0.3 is 4.74 Å². The maximum Gasteiger partial charge on any atom is 0.309 e. The van der Waals surface area contributed by atoms with Crippen LogP contribution in [0.5, 0.6) is 0 Å². The van der Waals surface area contributed by atoms with Gasteiger partial charge in [0.2, 0.25) is 0 Å². The maximum atomic E-state index is 14.3. The van der Waals surface area contributed by atoms with Gasteiger partial charge in [-0.25, -0.2) is 0 Å². The second-order valence-electron chi connectivity index (χ2n) is 15.5. The first-order valence-electron chi connectivity index (χ1n) is 16.8. The molecule has 8 fully saturated rings. The molecule has 37 heavy (non-hydrogen) atoms. The Morgan fingerprint density at radius 2 is 1.16 bits per heavy atom. The number of hydrogen-bond donors (Lipinski definition) is 0. The molecule has 0 aromatic heterocycles. The minimum Gasteiger partial charge on any atom is -0.458 e. The van der Waals surface area contributed by atoms with Crippen LogP contribution in [-0.4, -0.2) is 11.6 Å². The molecule has 0 aliphatic heterocycles. The summed E-state index contributed by atoms with van der Waals surface area (Å²) in [6.07, 6.45) is 29.3. The molecule has 8 aliphatic carbocycles. The SMILES string of the molecule is CCCC=CCCCC(CCC)C(=O)OC(C)(C12CC3CC(CC(C3)C1)C2)C12CC3CC(CC(C3)C1)C2. The number of rotatable bonds is 12. The molecule has 0 aromatic carbocycles. The van der Waals surface area contributed by atoms with Crippen LogP contribution in [-0.2, 0) is 9.53 Å². The molecule has 0 radical (unpaired) electrons. The Morgan fingerprint density at radius 1 is 0.730 bits per heavy atom. The van der Waals surface area contributed by atoms with Gasteiger partial charge in [0.1, 0.15) is 5.60 Å². The number of esters is 1. The first-order chi connectivity index (χ1) is 17.9. The van der Waals surface area contributed by atoms with Crippen LogP contribution in [0.1, 0.15) is 143 Å². The van der Waals surface area contributed by atoms with E-state index in [1.54, 1.807) is 0 Å². The van der Waals surface area contributed by atoms with E-state index in [4.69, 9.17) is 4.74 Å². The van der Waals surface area contributed by atoms with Crippen molar-refractivity contribution in [1.29, 1.82) is 0 Å². The summed E-state index contributed by atoms with van der Waals surface area (Å²) in [5, 5.41) is 0. The van der Waals surface area contributed by atoms with Crippen molar-refractivity contribution < 1.29 is 9.53 Å². The fraction of sp³-hybridized carbons (Fsp3) is 0.914. The summed E-state index contributed by atoms with van der Waals surface area (Å²) >= 11 is 0. The van der Waals surface area contributed by atoms with Gasteiger partial charge in [0.05, 0.1) is 5.92 Å². The minimum atomic E-state index is -0.254. The fourth-order valence-corrected chi connectivity index (χ4v) is 12.1. The fourth-order valence-electron chi connectivity index (χ4n) is 12.1. The van der Waals surface area contributed by atoms with Crippen LogP contribution in [0.3, 0.4) is 0 Å². The summed E-state index contributed by atoms with van der Waals surface area (Å²) < 4.78 is 7.26. The van der Waals surface area contributed by atoms with E-state index in [-0.39, 0.29) is 28.3 Å². The smallest absolute Gasteiger partial charge is 0.309 e. The largest absolute Gasteiger partial charge is 0.458 e. The zero-order valence-corrected chi connectivity index (χ0v) is 24.4. The van der Waals surface area contributed by atoms with Gasteiger partial charge in [0.15, 0.2) is 0 Å². The molecule has 8 rings (SSSR count). The van der Waals surface area contributed by atoms with Crippen molar-refractivity contribution in [3.05, 3.63) is 12.2 Å². The second-order valence-corrected chi connectivity index (χ2v) is 15.5. The lowest BCUT2D eigenvalue weighted by Gasteiger charge is -2.70. The number of hydrogen-bond acceptors (Lipinski definition) is 2. The number of ether oxygens (including phenoxy) is 1. The molecule has 8 saturated carbocycles. The van der Waals surface area contributed by atoms with Crippen LogP contribution < -0.4 is 0 Å². The Kier molecular flexibility index (Phi) is 7.37. The van der Waals surface area contributed by atoms with E-state index in [9.17, 15) is 4.79 Å². The number of unbranched alkanes of at least 4 members (excludes halogenated alkanes) is 2. The molecule has 0 spiro atoms. The lowest BCUT2D eigenvalue weighted by molar-refractivity contribution is -0.274. The van der Waals surface area contributed by atoms with Gasteiger partial charge in [-0.15, -0.1) is 0 Å². The summed E-state index contributed by atoms with van der Waals surface area (Å²) in [5.74, 6) is 5.69. The van der Waals surface area contributed by atoms with E-state index in [0.29, 0.717) is 0 Å². The highest BCUT2D eigenvalue weighted by atomic mass is 16.6. The van der Waals surface area contributed by atoms with Crippen LogP contribution in [0.4, 0.5) is 0 Å². The minimum absolute atomic E-state index is 0.0896. The van der Waals surface area contributed by atoms with Crippen molar-refractivity contribution in [3.8, 4) is 0 Å². The van der Waals surface area contributed by atoms with Crippen LogP contribution in [0, 0.1) is 52.3 Å². The van der Waals surface area contributed by atoms with Gasteiger partial charge in [-0.2, -0.15) is 0 Å². The molecular formula is C35H56O2. The van der Waals surface area contributed by atoms with Crippen molar-refractivity contribution in [2.24, 2.45) is 52.3 Å². The number of carbonyl (C=O) groups excluding carboxylic acids is 1. The van der Waals surface area contributed by atoms with Crippen molar-refractivity contribution in [3.63, 3.8) is 0 Å². The highest BCUT2D eigenvalue weighted by Gasteiger charge is 2.70. The molecular weight excluding hydrogens is 452 g/mol. The molecule has 0 aromatic rings. The molecule has 2 nitrogen and oxygen atoms in total. The van der Waals surface area contributed by atoms with Gasteiger partial charge >= 0.3 is 5.97 Å². The Hall–Kier alpha value is -0.790. The number of carbonyl (C=O) groups is 1. The molecule has 1 unspecified atom stereocenters. The van der Waals surface area contributed by atoms with E-state index in [2.05, 4.69) is 32.9 Å². The van der Waals surface area contributed by atoms with Crippen molar-refractivity contribution in [1.82, 2.24) is 0 Å². The van der Waals surface area contributed by atoms with Crippen molar-refractivity contribution in [2.45, 2.75) is 148 Å². The van der Waals surface area contributed by atoms with Crippen molar-refractivity contribution >= 4 is 5.97 Å². The lowest BCUT2D eigenvalue weighted by atomic mass is 9.37. The standard InChI is InChI=1S/C35H56O2/c1-4-6-7-8-9-10-12-31(11-5-2)32(36)37-33(3,34-19-25-13-26(20-34)15-27(14-25)21-34)35-22-28-16-29(23-35)18-30(17-28)24-35/h7-8,25-31H,4-6,9-24H2,1-3H3. The molecule has 0 heterocycles. The quantitative estimate of drug-likeness (QED) is 0.149. The average molecular weight is 509 g/mol. The van der Waals surface area contributed by atoms with Crippen LogP contribution in [0.25, 0.3) is 0 Å². The van der Waals surface area contributed by atoms with E-state index >= 15 is 0 Å². The zero-order valence-electron chi connectivity index (χ0n) is 24.4. The van der Waals surface area contributed by atoms with Crippen molar-refractivity contribution in [2.75, 3.05) is 0 Å². The van der Waals surface area contributed by atoms with Crippen LogP contribution in [0.2, 0.25) is 0 Å². The van der Waals surface area contributed by atoms with Crippen LogP contribution >= 0.6 is 0 Å². The van der Waals surface area contributed by atoms with E-state index in [0.717, 1.165) is 67.6 Å². The van der Waals surface area contributed by atoms with Gasteiger partial charge in [0, 0.05) is 10.8 Å². The summed E-state index contributed by atoms with van der Waals surface area (Å²) in [4.78, 5) is 14.3. The first-order valence-corrected chi connectivity index (χ1v) is 16.8. The topological polar surface area (TPSA) is 26.3 Å². The second kappa shape index (κ2) is 10.3. The zero-order chi connectivity index (χ0) is 25.7. The summed E-state index contributed by atoms with van der Waals surface area (Å²) in [6, 6.07) is 0.